The topological polar surface area (TPSA) is 47.6 Å². The van der Waals surface area contributed by atoms with Gasteiger partial charge in [0.05, 0.1) is 14.2 Å². The maximum Gasteiger partial charge on any atom is 0.224 e. The van der Waals surface area contributed by atoms with E-state index in [9.17, 15) is 9.18 Å². The summed E-state index contributed by atoms with van der Waals surface area (Å²) in [6.07, 6.45) is 0.809. The van der Waals surface area contributed by atoms with Crippen LogP contribution >= 0.6 is 0 Å². The molecule has 2 aromatic carbocycles. The third-order valence-electron chi connectivity index (χ3n) is 4.34. The van der Waals surface area contributed by atoms with Gasteiger partial charge >= 0.3 is 0 Å². The lowest BCUT2D eigenvalue weighted by atomic mass is 10.1. The van der Waals surface area contributed by atoms with Gasteiger partial charge in [-0.15, -0.1) is 0 Å². The average molecular weight is 329 g/mol. The molecule has 2 atom stereocenters. The van der Waals surface area contributed by atoms with E-state index < -0.39 is 0 Å². The molecule has 0 bridgehead atoms. The van der Waals surface area contributed by atoms with Crippen LogP contribution in [0, 0.1) is 11.7 Å². The molecule has 1 aliphatic rings. The second-order valence-corrected chi connectivity index (χ2v) is 5.91. The second kappa shape index (κ2) is 6.91. The molecule has 1 N–H and O–H groups in total. The zero-order valence-corrected chi connectivity index (χ0v) is 13.7. The summed E-state index contributed by atoms with van der Waals surface area (Å²) in [5.74, 6) is 1.23. The molecule has 5 heteroatoms. The van der Waals surface area contributed by atoms with Crippen LogP contribution in [0.1, 0.15) is 23.5 Å². The van der Waals surface area contributed by atoms with E-state index in [-0.39, 0.29) is 23.6 Å². The summed E-state index contributed by atoms with van der Waals surface area (Å²) < 4.78 is 23.4. The van der Waals surface area contributed by atoms with Crippen molar-refractivity contribution in [2.45, 2.75) is 18.9 Å². The van der Waals surface area contributed by atoms with E-state index in [2.05, 4.69) is 5.32 Å². The number of benzene rings is 2. The molecule has 0 radical (unpaired) electrons. The van der Waals surface area contributed by atoms with Crippen LogP contribution in [0.4, 0.5) is 4.39 Å². The fourth-order valence-electron chi connectivity index (χ4n) is 2.87. The Morgan fingerprint density at radius 3 is 2.50 bits per heavy atom. The number of halogens is 1. The van der Waals surface area contributed by atoms with Crippen molar-refractivity contribution in [1.82, 2.24) is 5.32 Å². The molecule has 0 aliphatic heterocycles. The Labute approximate surface area is 140 Å². The number of nitrogens with one attached hydrogen (secondary N) is 1. The summed E-state index contributed by atoms with van der Waals surface area (Å²) in [6.45, 7) is 0.436. The van der Waals surface area contributed by atoms with Crippen LogP contribution in [0.25, 0.3) is 0 Å². The third-order valence-corrected chi connectivity index (χ3v) is 4.34. The van der Waals surface area contributed by atoms with Gasteiger partial charge in [0.2, 0.25) is 5.91 Å². The highest BCUT2D eigenvalue weighted by atomic mass is 19.1. The van der Waals surface area contributed by atoms with Crippen LogP contribution in [0.15, 0.2) is 42.5 Å². The van der Waals surface area contributed by atoms with Gasteiger partial charge in [-0.3, -0.25) is 4.79 Å². The molecule has 1 amide bonds. The van der Waals surface area contributed by atoms with E-state index in [4.69, 9.17) is 9.47 Å². The Morgan fingerprint density at radius 2 is 1.83 bits per heavy atom. The van der Waals surface area contributed by atoms with E-state index in [1.807, 2.05) is 18.2 Å². The van der Waals surface area contributed by atoms with Gasteiger partial charge in [0, 0.05) is 12.5 Å². The smallest absolute Gasteiger partial charge is 0.224 e. The first kappa shape index (κ1) is 16.3. The lowest BCUT2D eigenvalue weighted by molar-refractivity contribution is -0.122. The van der Waals surface area contributed by atoms with Gasteiger partial charge in [-0.2, -0.15) is 0 Å². The molecule has 3 rings (SSSR count). The Hall–Kier alpha value is -2.56. The number of carbonyl (C=O) groups excluding carboxylic acids is 1. The largest absolute Gasteiger partial charge is 0.493 e. The predicted molar refractivity (Wildman–Crippen MR) is 88.6 cm³/mol. The Bertz CT molecular complexity index is 730. The van der Waals surface area contributed by atoms with E-state index in [1.54, 1.807) is 26.4 Å². The van der Waals surface area contributed by atoms with Crippen molar-refractivity contribution in [2.24, 2.45) is 5.92 Å². The number of hydrogen-bond acceptors (Lipinski definition) is 3. The van der Waals surface area contributed by atoms with E-state index >= 15 is 0 Å². The lowest BCUT2D eigenvalue weighted by Crippen LogP contribution is -2.24. The summed E-state index contributed by atoms with van der Waals surface area (Å²) >= 11 is 0. The quantitative estimate of drug-likeness (QED) is 0.885. The maximum atomic E-state index is 13.0. The molecule has 2 aromatic rings. The monoisotopic (exact) mass is 329 g/mol. The molecule has 0 aromatic heterocycles. The van der Waals surface area contributed by atoms with Gasteiger partial charge in [0.15, 0.2) is 11.5 Å². The minimum atomic E-state index is -0.256. The minimum absolute atomic E-state index is 0.0270. The molecule has 0 spiro atoms. The molecule has 4 nitrogen and oxygen atoms in total. The van der Waals surface area contributed by atoms with Crippen LogP contribution < -0.4 is 14.8 Å². The summed E-state index contributed by atoms with van der Waals surface area (Å²) in [5.41, 5.74) is 1.96. The molecule has 24 heavy (non-hydrogen) atoms. The van der Waals surface area contributed by atoms with Crippen molar-refractivity contribution in [3.63, 3.8) is 0 Å². The average Bonchev–Trinajstić information content (AvgIpc) is 3.40. The van der Waals surface area contributed by atoms with Crippen molar-refractivity contribution < 1.29 is 18.7 Å². The summed E-state index contributed by atoms with van der Waals surface area (Å²) in [4.78, 5) is 12.3. The molecule has 2 unspecified atom stereocenters. The van der Waals surface area contributed by atoms with Crippen molar-refractivity contribution in [2.75, 3.05) is 14.2 Å². The number of rotatable bonds is 6. The molecular formula is C19H20FNO3. The summed E-state index contributed by atoms with van der Waals surface area (Å²) in [6, 6.07) is 11.9. The fourth-order valence-corrected chi connectivity index (χ4v) is 2.87. The second-order valence-electron chi connectivity index (χ2n) is 5.91. The van der Waals surface area contributed by atoms with Crippen LogP contribution in [0.2, 0.25) is 0 Å². The highest BCUT2D eigenvalue weighted by molar-refractivity contribution is 5.82. The van der Waals surface area contributed by atoms with E-state index in [0.29, 0.717) is 18.0 Å². The van der Waals surface area contributed by atoms with Gasteiger partial charge in [-0.25, -0.2) is 4.39 Å². The van der Waals surface area contributed by atoms with Gasteiger partial charge in [-0.05, 0) is 47.7 Å². The van der Waals surface area contributed by atoms with Crippen LogP contribution in [-0.4, -0.2) is 20.1 Å². The first-order valence-corrected chi connectivity index (χ1v) is 7.86. The van der Waals surface area contributed by atoms with Crippen LogP contribution in [0.3, 0.4) is 0 Å². The minimum Gasteiger partial charge on any atom is -0.493 e. The van der Waals surface area contributed by atoms with Crippen LogP contribution in [0.5, 0.6) is 11.5 Å². The summed E-state index contributed by atoms with van der Waals surface area (Å²) in [5, 5.41) is 2.95. The first-order valence-electron chi connectivity index (χ1n) is 7.86. The third kappa shape index (κ3) is 3.50. The number of methoxy groups -OCH3 is 2. The van der Waals surface area contributed by atoms with E-state index in [1.165, 1.54) is 12.1 Å². The molecule has 1 aliphatic carbocycles. The Balaban J connectivity index is 1.56. The Kier molecular flexibility index (Phi) is 4.69. The number of amides is 1. The standard InChI is InChI=1S/C19H20FNO3/c1-23-17-8-3-12(9-18(17)24-2)11-21-19(22)16-10-15(16)13-4-6-14(20)7-5-13/h3-9,15-16H,10-11H2,1-2H3,(H,21,22). The lowest BCUT2D eigenvalue weighted by Gasteiger charge is -2.10. The number of hydrogen-bond donors (Lipinski definition) is 1. The van der Waals surface area contributed by atoms with Gasteiger partial charge in [-0.1, -0.05) is 18.2 Å². The molecule has 1 saturated carbocycles. The number of carbonyl (C=O) groups is 1. The van der Waals surface area contributed by atoms with Crippen molar-refractivity contribution in [3.8, 4) is 11.5 Å². The van der Waals surface area contributed by atoms with E-state index in [0.717, 1.165) is 17.5 Å². The highest BCUT2D eigenvalue weighted by Gasteiger charge is 2.43. The normalized spacial score (nSPS) is 18.8. The van der Waals surface area contributed by atoms with Crippen molar-refractivity contribution >= 4 is 5.91 Å². The van der Waals surface area contributed by atoms with Crippen LogP contribution in [-0.2, 0) is 11.3 Å². The van der Waals surface area contributed by atoms with Gasteiger partial charge < -0.3 is 14.8 Å². The zero-order valence-electron chi connectivity index (χ0n) is 13.7. The van der Waals surface area contributed by atoms with Crippen molar-refractivity contribution in [1.29, 1.82) is 0 Å². The molecule has 126 valence electrons. The number of ether oxygens (including phenoxy) is 2. The maximum absolute atomic E-state index is 13.0. The predicted octanol–water partition coefficient (Wildman–Crippen LogP) is 3.26. The SMILES string of the molecule is COc1ccc(CNC(=O)C2CC2c2ccc(F)cc2)cc1OC. The molecule has 0 heterocycles. The zero-order chi connectivity index (χ0) is 17.1. The van der Waals surface area contributed by atoms with Gasteiger partial charge in [0.1, 0.15) is 5.82 Å². The van der Waals surface area contributed by atoms with Crippen molar-refractivity contribution in [3.05, 3.63) is 59.4 Å². The highest BCUT2D eigenvalue weighted by Crippen LogP contribution is 2.47. The molecule has 1 fully saturated rings. The first-order chi connectivity index (χ1) is 11.6. The van der Waals surface area contributed by atoms with Gasteiger partial charge in [0.25, 0.3) is 0 Å². The molecule has 0 saturated heterocycles. The molecular weight excluding hydrogens is 309 g/mol. The fraction of sp³-hybridized carbons (Fsp3) is 0.316. The summed E-state index contributed by atoms with van der Waals surface area (Å²) in [7, 11) is 3.17. The Morgan fingerprint density at radius 1 is 1.12 bits per heavy atom.